The summed E-state index contributed by atoms with van der Waals surface area (Å²) in [5.41, 5.74) is 3.20. The maximum Gasteiger partial charge on any atom is 0.261 e. The van der Waals surface area contributed by atoms with Crippen LogP contribution < -0.4 is 19.5 Å². The summed E-state index contributed by atoms with van der Waals surface area (Å²) in [6.07, 6.45) is 0.0537. The summed E-state index contributed by atoms with van der Waals surface area (Å²) in [5.74, 6) is 2.06. The first-order valence-corrected chi connectivity index (χ1v) is 9.41. The van der Waals surface area contributed by atoms with Crippen LogP contribution in [0.3, 0.4) is 0 Å². The van der Waals surface area contributed by atoms with E-state index >= 15 is 0 Å². The van der Waals surface area contributed by atoms with Gasteiger partial charge in [0.15, 0.2) is 17.6 Å². The number of nitrogens with one attached hydrogen (secondary N) is 1. The van der Waals surface area contributed by atoms with Gasteiger partial charge >= 0.3 is 0 Å². The summed E-state index contributed by atoms with van der Waals surface area (Å²) in [6.45, 7) is 9.04. The standard InChI is InChI=1S/C22H27NO4/c1-5-19(27-18-11-14(2)10-15(3)12-18)22(24)23-16(4)17-6-7-20-21(13-17)26-9-8-25-20/h6-7,10-13,16,19H,5,8-9H2,1-4H3,(H,23,24)/t16-,19-/m0/s1. The number of hydrogen-bond acceptors (Lipinski definition) is 4. The Balaban J connectivity index is 1.67. The van der Waals surface area contributed by atoms with Gasteiger partial charge in [0, 0.05) is 0 Å². The van der Waals surface area contributed by atoms with Gasteiger partial charge < -0.3 is 19.5 Å². The van der Waals surface area contributed by atoms with Crippen molar-refractivity contribution in [2.45, 2.75) is 46.3 Å². The summed E-state index contributed by atoms with van der Waals surface area (Å²) < 4.78 is 17.1. The zero-order valence-electron chi connectivity index (χ0n) is 16.4. The van der Waals surface area contributed by atoms with E-state index in [1.165, 1.54) is 0 Å². The van der Waals surface area contributed by atoms with Crippen LogP contribution in [-0.4, -0.2) is 25.2 Å². The Kier molecular flexibility index (Phi) is 5.89. The molecular weight excluding hydrogens is 342 g/mol. The monoisotopic (exact) mass is 369 g/mol. The van der Waals surface area contributed by atoms with Gasteiger partial charge in [-0.1, -0.05) is 19.1 Å². The lowest BCUT2D eigenvalue weighted by atomic mass is 10.1. The second kappa shape index (κ2) is 8.33. The molecule has 2 aromatic carbocycles. The second-order valence-electron chi connectivity index (χ2n) is 6.97. The predicted molar refractivity (Wildman–Crippen MR) is 105 cm³/mol. The van der Waals surface area contributed by atoms with E-state index in [1.54, 1.807) is 0 Å². The van der Waals surface area contributed by atoms with Crippen LogP contribution >= 0.6 is 0 Å². The third kappa shape index (κ3) is 4.73. The number of ether oxygens (including phenoxy) is 3. The Morgan fingerprint density at radius 1 is 1.07 bits per heavy atom. The van der Waals surface area contributed by atoms with Crippen LogP contribution in [0.25, 0.3) is 0 Å². The van der Waals surface area contributed by atoms with Crippen molar-refractivity contribution in [3.8, 4) is 17.2 Å². The van der Waals surface area contributed by atoms with Gasteiger partial charge in [0.25, 0.3) is 5.91 Å². The number of amides is 1. The van der Waals surface area contributed by atoms with Crippen molar-refractivity contribution in [3.63, 3.8) is 0 Å². The normalized spacial score (nSPS) is 15.0. The van der Waals surface area contributed by atoms with E-state index in [9.17, 15) is 4.79 Å². The van der Waals surface area contributed by atoms with E-state index in [-0.39, 0.29) is 11.9 Å². The summed E-state index contributed by atoms with van der Waals surface area (Å²) in [6, 6.07) is 11.6. The molecule has 2 atom stereocenters. The molecule has 144 valence electrons. The number of carbonyl (C=O) groups is 1. The molecule has 1 heterocycles. The number of rotatable bonds is 6. The van der Waals surface area contributed by atoms with Crippen molar-refractivity contribution in [2.75, 3.05) is 13.2 Å². The van der Waals surface area contributed by atoms with Crippen LogP contribution in [0, 0.1) is 13.8 Å². The molecule has 0 saturated carbocycles. The number of aryl methyl sites for hydroxylation is 2. The Bertz CT molecular complexity index is 798. The first kappa shape index (κ1) is 19.1. The topological polar surface area (TPSA) is 56.8 Å². The van der Waals surface area contributed by atoms with Crippen molar-refractivity contribution in [1.29, 1.82) is 0 Å². The summed E-state index contributed by atoms with van der Waals surface area (Å²) in [7, 11) is 0. The predicted octanol–water partition coefficient (Wildman–Crippen LogP) is 4.11. The largest absolute Gasteiger partial charge is 0.486 e. The van der Waals surface area contributed by atoms with E-state index in [2.05, 4.69) is 11.4 Å². The van der Waals surface area contributed by atoms with Crippen LogP contribution in [0.5, 0.6) is 17.2 Å². The molecule has 27 heavy (non-hydrogen) atoms. The van der Waals surface area contributed by atoms with Crippen LogP contribution in [0.15, 0.2) is 36.4 Å². The van der Waals surface area contributed by atoms with E-state index in [1.807, 2.05) is 58.0 Å². The second-order valence-corrected chi connectivity index (χ2v) is 6.97. The number of hydrogen-bond donors (Lipinski definition) is 1. The minimum atomic E-state index is -0.536. The average molecular weight is 369 g/mol. The Labute approximate surface area is 160 Å². The van der Waals surface area contributed by atoms with E-state index in [4.69, 9.17) is 14.2 Å². The quantitative estimate of drug-likeness (QED) is 0.833. The molecule has 0 radical (unpaired) electrons. The zero-order valence-corrected chi connectivity index (χ0v) is 16.4. The summed E-state index contributed by atoms with van der Waals surface area (Å²) in [4.78, 5) is 12.7. The lowest BCUT2D eigenvalue weighted by molar-refractivity contribution is -0.128. The summed E-state index contributed by atoms with van der Waals surface area (Å²) >= 11 is 0. The Morgan fingerprint density at radius 2 is 1.74 bits per heavy atom. The van der Waals surface area contributed by atoms with Gasteiger partial charge in [-0.3, -0.25) is 4.79 Å². The van der Waals surface area contributed by atoms with E-state index < -0.39 is 6.10 Å². The van der Waals surface area contributed by atoms with Crippen molar-refractivity contribution in [2.24, 2.45) is 0 Å². The first-order valence-electron chi connectivity index (χ1n) is 9.41. The Morgan fingerprint density at radius 3 is 2.41 bits per heavy atom. The highest BCUT2D eigenvalue weighted by molar-refractivity contribution is 5.81. The number of carbonyl (C=O) groups excluding carboxylic acids is 1. The van der Waals surface area contributed by atoms with Crippen LogP contribution in [0.1, 0.15) is 43.0 Å². The van der Waals surface area contributed by atoms with Crippen LogP contribution in [0.2, 0.25) is 0 Å². The lowest BCUT2D eigenvalue weighted by Gasteiger charge is -2.23. The van der Waals surface area contributed by atoms with Gasteiger partial charge in [0.2, 0.25) is 0 Å². The maximum atomic E-state index is 12.7. The molecule has 3 rings (SSSR count). The van der Waals surface area contributed by atoms with Crippen molar-refractivity contribution >= 4 is 5.91 Å². The molecule has 0 aliphatic carbocycles. The molecule has 5 nitrogen and oxygen atoms in total. The number of fused-ring (bicyclic) bond motifs is 1. The maximum absolute atomic E-state index is 12.7. The highest BCUT2D eigenvalue weighted by Gasteiger charge is 2.22. The molecule has 5 heteroatoms. The molecule has 1 aliphatic heterocycles. The third-order valence-corrected chi connectivity index (χ3v) is 4.56. The van der Waals surface area contributed by atoms with Gasteiger partial charge in [-0.2, -0.15) is 0 Å². The minimum absolute atomic E-state index is 0.126. The van der Waals surface area contributed by atoms with Crippen molar-refractivity contribution < 1.29 is 19.0 Å². The fourth-order valence-corrected chi connectivity index (χ4v) is 3.21. The molecule has 1 amide bonds. The molecule has 1 aliphatic rings. The van der Waals surface area contributed by atoms with Gasteiger partial charge in [0.05, 0.1) is 6.04 Å². The lowest BCUT2D eigenvalue weighted by Crippen LogP contribution is -2.39. The molecule has 0 unspecified atom stereocenters. The van der Waals surface area contributed by atoms with Crippen molar-refractivity contribution in [3.05, 3.63) is 53.1 Å². The molecule has 0 saturated heterocycles. The van der Waals surface area contributed by atoms with Gasteiger partial charge in [-0.15, -0.1) is 0 Å². The SMILES string of the molecule is CC[C@H](Oc1cc(C)cc(C)c1)C(=O)N[C@@H](C)c1ccc2c(c1)OCCO2. The smallest absolute Gasteiger partial charge is 0.261 e. The van der Waals surface area contributed by atoms with Gasteiger partial charge in [-0.05, 0) is 68.1 Å². The molecular formula is C22H27NO4. The number of benzene rings is 2. The zero-order chi connectivity index (χ0) is 19.4. The molecule has 0 fully saturated rings. The molecule has 2 aromatic rings. The van der Waals surface area contributed by atoms with E-state index in [0.29, 0.717) is 19.6 Å². The highest BCUT2D eigenvalue weighted by atomic mass is 16.6. The fraction of sp³-hybridized carbons (Fsp3) is 0.409. The molecule has 0 bridgehead atoms. The first-order chi connectivity index (χ1) is 13.0. The van der Waals surface area contributed by atoms with Crippen LogP contribution in [-0.2, 0) is 4.79 Å². The van der Waals surface area contributed by atoms with Crippen LogP contribution in [0.4, 0.5) is 0 Å². The van der Waals surface area contributed by atoms with Crippen molar-refractivity contribution in [1.82, 2.24) is 5.32 Å². The third-order valence-electron chi connectivity index (χ3n) is 4.56. The van der Waals surface area contributed by atoms with Gasteiger partial charge in [0.1, 0.15) is 19.0 Å². The fourth-order valence-electron chi connectivity index (χ4n) is 3.21. The Hall–Kier alpha value is -2.69. The molecule has 0 aromatic heterocycles. The highest BCUT2D eigenvalue weighted by Crippen LogP contribution is 2.32. The average Bonchev–Trinajstić information content (AvgIpc) is 2.64. The van der Waals surface area contributed by atoms with E-state index in [0.717, 1.165) is 33.9 Å². The molecule has 0 spiro atoms. The summed E-state index contributed by atoms with van der Waals surface area (Å²) in [5, 5.41) is 3.04. The minimum Gasteiger partial charge on any atom is -0.486 e. The molecule has 1 N–H and O–H groups in total. The van der Waals surface area contributed by atoms with Gasteiger partial charge in [-0.25, -0.2) is 0 Å².